The first kappa shape index (κ1) is 17.3. The number of aliphatic hydroxyl groups excluding tert-OH is 1. The summed E-state index contributed by atoms with van der Waals surface area (Å²) in [5.41, 5.74) is 2.04. The lowest BCUT2D eigenvalue weighted by Gasteiger charge is -2.44. The van der Waals surface area contributed by atoms with Gasteiger partial charge in [0.25, 0.3) is 11.6 Å². The number of aliphatic hydroxyl groups is 1. The van der Waals surface area contributed by atoms with Crippen LogP contribution in [0, 0.1) is 6.92 Å². The van der Waals surface area contributed by atoms with Crippen LogP contribution in [0.25, 0.3) is 22.4 Å². The minimum atomic E-state index is -0.511. The first-order valence-electron chi connectivity index (χ1n) is 9.39. The van der Waals surface area contributed by atoms with Crippen LogP contribution in [0.3, 0.4) is 0 Å². The summed E-state index contributed by atoms with van der Waals surface area (Å²) >= 11 is 0. The van der Waals surface area contributed by atoms with Gasteiger partial charge < -0.3 is 19.7 Å². The van der Waals surface area contributed by atoms with Gasteiger partial charge in [-0.2, -0.15) is 0 Å². The van der Waals surface area contributed by atoms with Gasteiger partial charge in [0, 0.05) is 18.4 Å². The molecule has 28 heavy (non-hydrogen) atoms. The van der Waals surface area contributed by atoms with Gasteiger partial charge in [-0.25, -0.2) is 4.98 Å². The zero-order valence-corrected chi connectivity index (χ0v) is 15.7. The highest BCUT2D eigenvalue weighted by molar-refractivity contribution is 6.07. The number of fused-ring (bicyclic) bond motifs is 2. The Balaban J connectivity index is 1.55. The van der Waals surface area contributed by atoms with Crippen molar-refractivity contribution < 1.29 is 19.2 Å². The van der Waals surface area contributed by atoms with E-state index in [1.54, 1.807) is 13.0 Å². The van der Waals surface area contributed by atoms with Crippen molar-refractivity contribution >= 4 is 17.0 Å². The van der Waals surface area contributed by atoms with Crippen molar-refractivity contribution in [3.8, 4) is 11.3 Å². The van der Waals surface area contributed by atoms with Gasteiger partial charge in [0.2, 0.25) is 0 Å². The first-order valence-corrected chi connectivity index (χ1v) is 9.39. The number of carbonyl (C=O) groups excluding carboxylic acids is 1. The monoisotopic (exact) mass is 379 g/mol. The summed E-state index contributed by atoms with van der Waals surface area (Å²) in [5, 5.41) is 17.4. The number of amides is 1. The number of pyridine rings is 1. The van der Waals surface area contributed by atoms with Crippen molar-refractivity contribution in [2.24, 2.45) is 0 Å². The highest BCUT2D eigenvalue weighted by Crippen LogP contribution is 2.55. The molecule has 1 aliphatic carbocycles. The molecule has 144 valence electrons. The summed E-state index contributed by atoms with van der Waals surface area (Å²) in [6.07, 6.45) is 1.08. The van der Waals surface area contributed by atoms with E-state index < -0.39 is 11.1 Å². The second-order valence-electron chi connectivity index (χ2n) is 7.93. The van der Waals surface area contributed by atoms with Crippen molar-refractivity contribution in [2.75, 3.05) is 6.61 Å². The van der Waals surface area contributed by atoms with Gasteiger partial charge in [0.05, 0.1) is 46.2 Å². The standard InChI is InChI=1S/C21H21N3O4/c1-12-17-15(18(26)23-21-9-20(10-21,11-25)27-13(21)2)8-16(22-19(17)28-24-12)14-6-4-3-5-7-14/h3-8,13,25H,9-11H2,1-2H3,(H,23,26). The molecule has 3 aromatic rings. The van der Waals surface area contributed by atoms with Gasteiger partial charge in [-0.15, -0.1) is 0 Å². The van der Waals surface area contributed by atoms with Crippen LogP contribution < -0.4 is 5.32 Å². The Morgan fingerprint density at radius 1 is 1.32 bits per heavy atom. The maximum Gasteiger partial charge on any atom is 0.259 e. The van der Waals surface area contributed by atoms with Gasteiger partial charge in [0.1, 0.15) is 0 Å². The molecule has 1 aromatic carbocycles. The van der Waals surface area contributed by atoms with Crippen LogP contribution in [0.15, 0.2) is 40.9 Å². The molecule has 0 radical (unpaired) electrons. The molecule has 3 fully saturated rings. The normalized spacial score (nSPS) is 28.3. The van der Waals surface area contributed by atoms with Crippen LogP contribution in [-0.2, 0) is 4.74 Å². The van der Waals surface area contributed by atoms with Crippen molar-refractivity contribution in [2.45, 2.75) is 43.9 Å². The number of aryl methyl sites for hydroxylation is 1. The van der Waals surface area contributed by atoms with Gasteiger partial charge in [-0.05, 0) is 19.9 Å². The van der Waals surface area contributed by atoms with Crippen molar-refractivity contribution in [3.63, 3.8) is 0 Å². The van der Waals surface area contributed by atoms with E-state index in [-0.39, 0.29) is 18.6 Å². The van der Waals surface area contributed by atoms with Gasteiger partial charge in [0.15, 0.2) is 0 Å². The Morgan fingerprint density at radius 2 is 2.07 bits per heavy atom. The zero-order chi connectivity index (χ0) is 19.5. The van der Waals surface area contributed by atoms with E-state index in [0.29, 0.717) is 40.9 Å². The molecule has 4 heterocycles. The SMILES string of the molecule is Cc1noc2nc(-c3ccccc3)cc(C(=O)NC34CC(CO)(C3)OC4C)c12. The summed E-state index contributed by atoms with van der Waals surface area (Å²) in [6.45, 7) is 3.70. The summed E-state index contributed by atoms with van der Waals surface area (Å²) in [7, 11) is 0. The molecule has 3 aliphatic rings. The van der Waals surface area contributed by atoms with Crippen LogP contribution in [0.2, 0.25) is 0 Å². The average molecular weight is 379 g/mol. The third kappa shape index (κ3) is 2.40. The van der Waals surface area contributed by atoms with Gasteiger partial charge in [-0.1, -0.05) is 35.5 Å². The van der Waals surface area contributed by atoms with Crippen molar-refractivity contribution in [1.29, 1.82) is 0 Å². The van der Waals surface area contributed by atoms with Crippen LogP contribution in [-0.4, -0.2) is 45.0 Å². The lowest BCUT2D eigenvalue weighted by atomic mass is 9.66. The molecule has 2 bridgehead atoms. The number of aromatic nitrogens is 2. The van der Waals surface area contributed by atoms with E-state index in [2.05, 4.69) is 15.5 Å². The van der Waals surface area contributed by atoms with Gasteiger partial charge in [-0.3, -0.25) is 4.79 Å². The fraction of sp³-hybridized carbons (Fsp3) is 0.381. The zero-order valence-electron chi connectivity index (χ0n) is 15.7. The molecule has 2 aromatic heterocycles. The van der Waals surface area contributed by atoms with Crippen LogP contribution in [0.5, 0.6) is 0 Å². The van der Waals surface area contributed by atoms with E-state index in [4.69, 9.17) is 9.26 Å². The van der Waals surface area contributed by atoms with E-state index in [1.165, 1.54) is 0 Å². The molecule has 1 saturated carbocycles. The second kappa shape index (κ2) is 5.86. The van der Waals surface area contributed by atoms with E-state index >= 15 is 0 Å². The minimum absolute atomic E-state index is 0.0304. The number of rotatable bonds is 4. The first-order chi connectivity index (χ1) is 13.5. The quantitative estimate of drug-likeness (QED) is 0.723. The van der Waals surface area contributed by atoms with E-state index in [9.17, 15) is 9.90 Å². The Hall–Kier alpha value is -2.77. The molecule has 0 spiro atoms. The molecule has 2 aliphatic heterocycles. The Kier molecular flexibility index (Phi) is 3.63. The van der Waals surface area contributed by atoms with Crippen LogP contribution in [0.1, 0.15) is 35.8 Å². The minimum Gasteiger partial charge on any atom is -0.393 e. The van der Waals surface area contributed by atoms with Gasteiger partial charge >= 0.3 is 0 Å². The molecule has 7 heteroatoms. The Bertz CT molecular complexity index is 1070. The van der Waals surface area contributed by atoms with Crippen molar-refractivity contribution in [1.82, 2.24) is 15.5 Å². The summed E-state index contributed by atoms with van der Waals surface area (Å²) in [6, 6.07) is 11.4. The molecule has 1 atom stereocenters. The average Bonchev–Trinajstić information content (AvgIpc) is 3.28. The topological polar surface area (TPSA) is 97.5 Å². The number of benzene rings is 1. The molecule has 1 unspecified atom stereocenters. The van der Waals surface area contributed by atoms with Crippen LogP contribution in [0.4, 0.5) is 0 Å². The van der Waals surface area contributed by atoms with E-state index in [1.807, 2.05) is 37.3 Å². The molecular formula is C21H21N3O4. The largest absolute Gasteiger partial charge is 0.393 e. The predicted octanol–water partition coefficient (Wildman–Crippen LogP) is 2.61. The fourth-order valence-electron chi connectivity index (χ4n) is 4.62. The summed E-state index contributed by atoms with van der Waals surface area (Å²) < 4.78 is 11.3. The highest BCUT2D eigenvalue weighted by atomic mass is 16.5. The third-order valence-corrected chi connectivity index (χ3v) is 6.06. The molecule has 7 nitrogen and oxygen atoms in total. The molecule has 1 amide bonds. The number of carbonyl (C=O) groups is 1. The third-order valence-electron chi connectivity index (χ3n) is 6.06. The fourth-order valence-corrected chi connectivity index (χ4v) is 4.62. The number of nitrogens with zero attached hydrogens (tertiary/aromatic N) is 2. The number of hydrogen-bond acceptors (Lipinski definition) is 6. The Labute approximate surface area is 161 Å². The lowest BCUT2D eigenvalue weighted by molar-refractivity contribution is -0.0612. The maximum atomic E-state index is 13.3. The number of hydrogen-bond donors (Lipinski definition) is 2. The Morgan fingerprint density at radius 3 is 2.75 bits per heavy atom. The van der Waals surface area contributed by atoms with E-state index in [0.717, 1.165) is 5.56 Å². The maximum absolute atomic E-state index is 13.3. The number of ether oxygens (including phenoxy) is 1. The predicted molar refractivity (Wildman–Crippen MR) is 102 cm³/mol. The summed E-state index contributed by atoms with van der Waals surface area (Å²) in [4.78, 5) is 17.8. The molecule has 2 saturated heterocycles. The molecule has 2 N–H and O–H groups in total. The highest BCUT2D eigenvalue weighted by Gasteiger charge is 2.66. The molecule has 6 rings (SSSR count). The number of nitrogens with one attached hydrogen (secondary N) is 1. The summed E-state index contributed by atoms with van der Waals surface area (Å²) in [5.74, 6) is -0.209. The lowest BCUT2D eigenvalue weighted by Crippen LogP contribution is -2.62. The second-order valence-corrected chi connectivity index (χ2v) is 7.93. The van der Waals surface area contributed by atoms with Crippen LogP contribution >= 0.6 is 0 Å². The molecular weight excluding hydrogens is 358 g/mol. The van der Waals surface area contributed by atoms with Crippen molar-refractivity contribution in [3.05, 3.63) is 47.7 Å². The smallest absolute Gasteiger partial charge is 0.259 e.